The Bertz CT molecular complexity index is 898. The molecule has 3 rings (SSSR count). The zero-order valence-electron chi connectivity index (χ0n) is 13.5. The third-order valence-corrected chi connectivity index (χ3v) is 6.46. The lowest BCUT2D eigenvalue weighted by molar-refractivity contribution is 0.385. The van der Waals surface area contributed by atoms with Gasteiger partial charge in [-0.05, 0) is 48.9 Å². The summed E-state index contributed by atoms with van der Waals surface area (Å²) in [6.45, 7) is 3.02. The number of sulfonamides is 1. The Labute approximate surface area is 150 Å². The molecule has 0 aliphatic carbocycles. The quantitative estimate of drug-likeness (QED) is 0.811. The summed E-state index contributed by atoms with van der Waals surface area (Å²) in [5, 5.41) is 0.0364. The molecule has 0 spiro atoms. The van der Waals surface area contributed by atoms with Gasteiger partial charge in [-0.3, -0.25) is 0 Å². The highest BCUT2D eigenvalue weighted by Crippen LogP contribution is 2.25. The van der Waals surface area contributed by atoms with E-state index in [1.54, 1.807) is 6.07 Å². The Morgan fingerprint density at radius 2 is 1.60 bits per heavy atom. The smallest absolute Gasteiger partial charge is 0.243 e. The van der Waals surface area contributed by atoms with Crippen molar-refractivity contribution in [2.24, 2.45) is 0 Å². The van der Waals surface area contributed by atoms with Crippen LogP contribution >= 0.6 is 11.6 Å². The van der Waals surface area contributed by atoms with Gasteiger partial charge in [-0.2, -0.15) is 4.31 Å². The molecule has 0 bridgehead atoms. The molecule has 0 N–H and O–H groups in total. The first kappa shape index (κ1) is 18.1. The zero-order valence-corrected chi connectivity index (χ0v) is 15.1. The molecule has 4 nitrogen and oxygen atoms in total. The highest BCUT2D eigenvalue weighted by molar-refractivity contribution is 7.89. The lowest BCUT2D eigenvalue weighted by Crippen LogP contribution is -2.48. The van der Waals surface area contributed by atoms with Gasteiger partial charge in [-0.25, -0.2) is 17.2 Å². The Kier molecular flexibility index (Phi) is 4.99. The Balaban J connectivity index is 1.74. The number of piperazine rings is 1. The van der Waals surface area contributed by atoms with Gasteiger partial charge in [0.05, 0.1) is 9.92 Å². The summed E-state index contributed by atoms with van der Waals surface area (Å²) in [6.07, 6.45) is 0. The summed E-state index contributed by atoms with van der Waals surface area (Å²) < 4.78 is 53.4. The maximum absolute atomic E-state index is 13.4. The van der Waals surface area contributed by atoms with Crippen molar-refractivity contribution in [3.05, 3.63) is 58.6 Å². The Morgan fingerprint density at radius 1 is 0.960 bits per heavy atom. The molecule has 0 aromatic heterocycles. The minimum Gasteiger partial charge on any atom is -0.369 e. The van der Waals surface area contributed by atoms with Crippen molar-refractivity contribution >= 4 is 27.3 Å². The van der Waals surface area contributed by atoms with Crippen LogP contribution in [0.5, 0.6) is 0 Å². The second kappa shape index (κ2) is 6.90. The molecule has 1 heterocycles. The molecule has 0 atom stereocenters. The van der Waals surface area contributed by atoms with E-state index in [-0.39, 0.29) is 23.0 Å². The number of hydrogen-bond acceptors (Lipinski definition) is 3. The standard InChI is InChI=1S/C17H17ClF2N2O2S/c1-12-10-14(3-5-16(12)19)25(23,24)22-8-6-21(7-9-22)13-2-4-17(20)15(18)11-13/h2-5,10-11H,6-9H2,1H3. The fourth-order valence-corrected chi connectivity index (χ4v) is 4.48. The first-order chi connectivity index (χ1) is 11.8. The van der Waals surface area contributed by atoms with Crippen LogP contribution in [0.1, 0.15) is 5.56 Å². The third-order valence-electron chi connectivity index (χ3n) is 4.27. The molecular weight excluding hydrogens is 370 g/mol. The molecule has 0 amide bonds. The van der Waals surface area contributed by atoms with Crippen molar-refractivity contribution in [1.82, 2.24) is 4.31 Å². The highest BCUT2D eigenvalue weighted by atomic mass is 35.5. The SMILES string of the molecule is Cc1cc(S(=O)(=O)N2CCN(c3ccc(F)c(Cl)c3)CC2)ccc1F. The number of aryl methyl sites for hydroxylation is 1. The first-order valence-corrected chi connectivity index (χ1v) is 9.57. The van der Waals surface area contributed by atoms with Crippen molar-refractivity contribution in [1.29, 1.82) is 0 Å². The molecule has 0 saturated carbocycles. The molecule has 134 valence electrons. The molecule has 2 aromatic carbocycles. The largest absolute Gasteiger partial charge is 0.369 e. The maximum atomic E-state index is 13.4. The van der Waals surface area contributed by atoms with Gasteiger partial charge in [0.15, 0.2) is 0 Å². The molecule has 1 aliphatic rings. The summed E-state index contributed by atoms with van der Waals surface area (Å²) in [5.41, 5.74) is 1.04. The zero-order chi connectivity index (χ0) is 18.2. The number of hydrogen-bond donors (Lipinski definition) is 0. The van der Waals surface area contributed by atoms with E-state index in [1.807, 2.05) is 4.90 Å². The van der Waals surface area contributed by atoms with E-state index in [9.17, 15) is 17.2 Å². The molecule has 2 aromatic rings. The van der Waals surface area contributed by atoms with Crippen LogP contribution in [0.3, 0.4) is 0 Å². The van der Waals surface area contributed by atoms with Gasteiger partial charge in [0, 0.05) is 31.9 Å². The van der Waals surface area contributed by atoms with E-state index in [4.69, 9.17) is 11.6 Å². The molecule has 1 saturated heterocycles. The third kappa shape index (κ3) is 3.63. The minimum atomic E-state index is -3.67. The summed E-state index contributed by atoms with van der Waals surface area (Å²) >= 11 is 5.80. The molecular formula is C17H17ClF2N2O2S. The van der Waals surface area contributed by atoms with E-state index in [0.29, 0.717) is 18.7 Å². The predicted octanol–water partition coefficient (Wildman–Crippen LogP) is 3.44. The van der Waals surface area contributed by atoms with E-state index in [2.05, 4.69) is 0 Å². The molecule has 8 heteroatoms. The van der Waals surface area contributed by atoms with Crippen LogP contribution in [0.25, 0.3) is 0 Å². The fraction of sp³-hybridized carbons (Fsp3) is 0.294. The van der Waals surface area contributed by atoms with Crippen LogP contribution in [0.15, 0.2) is 41.3 Å². The van der Waals surface area contributed by atoms with Crippen LogP contribution in [0, 0.1) is 18.6 Å². The normalized spacial score (nSPS) is 16.2. The van der Waals surface area contributed by atoms with Crippen molar-refractivity contribution < 1.29 is 17.2 Å². The van der Waals surface area contributed by atoms with E-state index in [0.717, 1.165) is 5.69 Å². The maximum Gasteiger partial charge on any atom is 0.243 e. The lowest BCUT2D eigenvalue weighted by atomic mass is 10.2. The van der Waals surface area contributed by atoms with Gasteiger partial charge >= 0.3 is 0 Å². The van der Waals surface area contributed by atoms with Crippen molar-refractivity contribution in [3.63, 3.8) is 0 Å². The van der Waals surface area contributed by atoms with E-state index >= 15 is 0 Å². The summed E-state index contributed by atoms with van der Waals surface area (Å²) in [7, 11) is -3.67. The van der Waals surface area contributed by atoms with Crippen molar-refractivity contribution in [2.75, 3.05) is 31.1 Å². The number of rotatable bonds is 3. The van der Waals surface area contributed by atoms with Gasteiger partial charge in [-0.1, -0.05) is 11.6 Å². The van der Waals surface area contributed by atoms with Crippen LogP contribution in [0.4, 0.5) is 14.5 Å². The van der Waals surface area contributed by atoms with Gasteiger partial charge < -0.3 is 4.90 Å². The van der Waals surface area contributed by atoms with Crippen LogP contribution < -0.4 is 4.90 Å². The average Bonchev–Trinajstić information content (AvgIpc) is 2.60. The summed E-state index contributed by atoms with van der Waals surface area (Å²) in [4.78, 5) is 2.04. The number of benzene rings is 2. The molecule has 0 radical (unpaired) electrons. The van der Waals surface area contributed by atoms with Gasteiger partial charge in [0.1, 0.15) is 11.6 Å². The van der Waals surface area contributed by atoms with E-state index < -0.39 is 21.7 Å². The topological polar surface area (TPSA) is 40.6 Å². The fourth-order valence-electron chi connectivity index (χ4n) is 2.80. The highest BCUT2D eigenvalue weighted by Gasteiger charge is 2.29. The Hall–Kier alpha value is -1.70. The first-order valence-electron chi connectivity index (χ1n) is 7.75. The lowest BCUT2D eigenvalue weighted by Gasteiger charge is -2.35. The molecule has 25 heavy (non-hydrogen) atoms. The summed E-state index contributed by atoms with van der Waals surface area (Å²) in [5.74, 6) is -0.921. The summed E-state index contributed by atoms with van der Waals surface area (Å²) in [6, 6.07) is 8.24. The second-order valence-corrected chi connectivity index (χ2v) is 8.25. The van der Waals surface area contributed by atoms with Crippen molar-refractivity contribution in [2.45, 2.75) is 11.8 Å². The van der Waals surface area contributed by atoms with Gasteiger partial charge in [0.25, 0.3) is 0 Å². The molecule has 1 aliphatic heterocycles. The monoisotopic (exact) mass is 386 g/mol. The minimum absolute atomic E-state index is 0.0364. The average molecular weight is 387 g/mol. The van der Waals surface area contributed by atoms with Crippen LogP contribution in [0.2, 0.25) is 5.02 Å². The van der Waals surface area contributed by atoms with E-state index in [1.165, 1.54) is 41.6 Å². The van der Waals surface area contributed by atoms with Gasteiger partial charge in [0.2, 0.25) is 10.0 Å². The second-order valence-electron chi connectivity index (χ2n) is 5.90. The van der Waals surface area contributed by atoms with Crippen LogP contribution in [-0.2, 0) is 10.0 Å². The predicted molar refractivity (Wildman–Crippen MR) is 93.5 cm³/mol. The number of halogens is 3. The Morgan fingerprint density at radius 3 is 2.20 bits per heavy atom. The number of anilines is 1. The number of nitrogens with zero attached hydrogens (tertiary/aromatic N) is 2. The van der Waals surface area contributed by atoms with Gasteiger partial charge in [-0.15, -0.1) is 0 Å². The van der Waals surface area contributed by atoms with Crippen molar-refractivity contribution in [3.8, 4) is 0 Å². The molecule has 1 fully saturated rings. The molecule has 0 unspecified atom stereocenters. The van der Waals surface area contributed by atoms with Crippen LogP contribution in [-0.4, -0.2) is 38.9 Å².